The van der Waals surface area contributed by atoms with Crippen molar-refractivity contribution in [2.75, 3.05) is 0 Å². The Morgan fingerprint density at radius 2 is 2.00 bits per heavy atom. The molecule has 4 N–H and O–H groups in total. The van der Waals surface area contributed by atoms with E-state index in [0.717, 1.165) is 0 Å². The van der Waals surface area contributed by atoms with E-state index in [9.17, 15) is 9.59 Å². The summed E-state index contributed by atoms with van der Waals surface area (Å²) in [6, 6.07) is -0.388. The van der Waals surface area contributed by atoms with E-state index in [1.165, 1.54) is 6.92 Å². The molecular formula is C7H14N2O3. The molecule has 2 atom stereocenters. The van der Waals surface area contributed by atoms with Gasteiger partial charge in [-0.3, -0.25) is 9.59 Å². The zero-order chi connectivity index (χ0) is 9.72. The molecule has 0 rings (SSSR count). The fourth-order valence-electron chi connectivity index (χ4n) is 0.746. The lowest BCUT2D eigenvalue weighted by molar-refractivity contribution is -0.148. The Morgan fingerprint density at radius 1 is 1.50 bits per heavy atom. The maximum absolute atomic E-state index is 10.5. The van der Waals surface area contributed by atoms with Crippen LogP contribution in [0.4, 0.5) is 0 Å². The van der Waals surface area contributed by atoms with Crippen LogP contribution >= 0.6 is 0 Å². The molecule has 70 valence electrons. The summed E-state index contributed by atoms with van der Waals surface area (Å²) in [6.45, 7) is 2.91. The fourth-order valence-corrected chi connectivity index (χ4v) is 0.746. The number of esters is 1. The Morgan fingerprint density at radius 3 is 2.25 bits per heavy atom. The highest BCUT2D eigenvalue weighted by Gasteiger charge is 2.18. The average molecular weight is 174 g/mol. The second-order valence-corrected chi connectivity index (χ2v) is 2.68. The number of hydrogen-bond donors (Lipinski definition) is 2. The standard InChI is InChI=1S/C7H14N2O3/c1-4(8)6(3-7(9)11)12-5(2)10/h4,6H,3,8H2,1-2H3,(H2,9,11). The molecule has 0 spiro atoms. The molecule has 5 nitrogen and oxygen atoms in total. The fraction of sp³-hybridized carbons (Fsp3) is 0.714. The van der Waals surface area contributed by atoms with Gasteiger partial charge in [0.25, 0.3) is 0 Å². The first-order valence-electron chi connectivity index (χ1n) is 3.64. The third-order valence-electron chi connectivity index (χ3n) is 1.31. The van der Waals surface area contributed by atoms with E-state index in [2.05, 4.69) is 0 Å². The molecule has 5 heteroatoms. The smallest absolute Gasteiger partial charge is 0.302 e. The van der Waals surface area contributed by atoms with Crippen molar-refractivity contribution in [3.05, 3.63) is 0 Å². The third kappa shape index (κ3) is 4.68. The Labute approximate surface area is 71.0 Å². The molecule has 0 radical (unpaired) electrons. The Hall–Kier alpha value is -1.10. The summed E-state index contributed by atoms with van der Waals surface area (Å²) in [5, 5.41) is 0. The number of primary amides is 1. The van der Waals surface area contributed by atoms with Gasteiger partial charge in [-0.05, 0) is 6.92 Å². The maximum atomic E-state index is 10.5. The molecule has 0 aromatic rings. The zero-order valence-corrected chi connectivity index (χ0v) is 7.24. The van der Waals surface area contributed by atoms with Gasteiger partial charge >= 0.3 is 5.97 Å². The summed E-state index contributed by atoms with van der Waals surface area (Å²) in [5.74, 6) is -0.989. The summed E-state index contributed by atoms with van der Waals surface area (Å²) in [7, 11) is 0. The molecule has 1 amide bonds. The van der Waals surface area contributed by atoms with Crippen LogP contribution in [0.5, 0.6) is 0 Å². The summed E-state index contributed by atoms with van der Waals surface area (Å²) in [5.41, 5.74) is 10.4. The minimum atomic E-state index is -0.611. The lowest BCUT2D eigenvalue weighted by Crippen LogP contribution is -2.38. The van der Waals surface area contributed by atoms with Crippen molar-refractivity contribution in [2.24, 2.45) is 11.5 Å². The highest BCUT2D eigenvalue weighted by atomic mass is 16.5. The molecule has 0 aliphatic carbocycles. The van der Waals surface area contributed by atoms with Crippen LogP contribution < -0.4 is 11.5 Å². The van der Waals surface area contributed by atoms with Crippen molar-refractivity contribution in [3.8, 4) is 0 Å². The lowest BCUT2D eigenvalue weighted by Gasteiger charge is -2.18. The van der Waals surface area contributed by atoms with Crippen molar-refractivity contribution in [1.82, 2.24) is 0 Å². The van der Waals surface area contributed by atoms with Gasteiger partial charge in [-0.25, -0.2) is 0 Å². The van der Waals surface area contributed by atoms with Crippen LogP contribution in [0, 0.1) is 0 Å². The molecule has 2 unspecified atom stereocenters. The van der Waals surface area contributed by atoms with Crippen LogP contribution in [-0.4, -0.2) is 24.0 Å². The first kappa shape index (κ1) is 10.9. The first-order chi connectivity index (χ1) is 5.43. The van der Waals surface area contributed by atoms with Gasteiger partial charge in [0.15, 0.2) is 0 Å². The molecule has 0 fully saturated rings. The zero-order valence-electron chi connectivity index (χ0n) is 7.24. The Bertz CT molecular complexity index is 163. The number of carbonyl (C=O) groups is 2. The molecule has 0 saturated carbocycles. The predicted molar refractivity (Wildman–Crippen MR) is 43.0 cm³/mol. The third-order valence-corrected chi connectivity index (χ3v) is 1.31. The van der Waals surface area contributed by atoms with Crippen LogP contribution in [0.2, 0.25) is 0 Å². The molecule has 0 aromatic heterocycles. The van der Waals surface area contributed by atoms with Gasteiger partial charge in [0.05, 0.1) is 6.42 Å². The number of carbonyl (C=O) groups excluding carboxylic acids is 2. The SMILES string of the molecule is CC(=O)OC(CC(N)=O)C(C)N. The van der Waals surface area contributed by atoms with Crippen molar-refractivity contribution >= 4 is 11.9 Å². The van der Waals surface area contributed by atoms with Crippen molar-refractivity contribution in [1.29, 1.82) is 0 Å². The Balaban J connectivity index is 4.04. The molecule has 0 heterocycles. The van der Waals surface area contributed by atoms with Crippen molar-refractivity contribution in [3.63, 3.8) is 0 Å². The summed E-state index contributed by atoms with van der Waals surface area (Å²) in [4.78, 5) is 21.0. The van der Waals surface area contributed by atoms with Crippen LogP contribution in [-0.2, 0) is 14.3 Å². The summed E-state index contributed by atoms with van der Waals surface area (Å²) >= 11 is 0. The van der Waals surface area contributed by atoms with Gasteiger partial charge in [-0.15, -0.1) is 0 Å². The molecule has 0 bridgehead atoms. The second-order valence-electron chi connectivity index (χ2n) is 2.68. The molecule has 12 heavy (non-hydrogen) atoms. The van der Waals surface area contributed by atoms with Gasteiger partial charge in [-0.1, -0.05) is 0 Å². The number of amides is 1. The molecule has 0 saturated heterocycles. The van der Waals surface area contributed by atoms with Crippen LogP contribution in [0.15, 0.2) is 0 Å². The molecule has 0 aromatic carbocycles. The van der Waals surface area contributed by atoms with E-state index in [0.29, 0.717) is 0 Å². The van der Waals surface area contributed by atoms with Crippen LogP contribution in [0.25, 0.3) is 0 Å². The molecule has 0 aliphatic heterocycles. The number of hydrogen-bond acceptors (Lipinski definition) is 4. The average Bonchev–Trinajstić information content (AvgIpc) is 1.83. The Kier molecular flexibility index (Phi) is 4.28. The van der Waals surface area contributed by atoms with E-state index in [-0.39, 0.29) is 12.5 Å². The number of rotatable bonds is 4. The van der Waals surface area contributed by atoms with Gasteiger partial charge in [0, 0.05) is 13.0 Å². The van der Waals surface area contributed by atoms with Crippen LogP contribution in [0.3, 0.4) is 0 Å². The van der Waals surface area contributed by atoms with E-state index in [1.807, 2.05) is 0 Å². The minimum Gasteiger partial charge on any atom is -0.460 e. The maximum Gasteiger partial charge on any atom is 0.302 e. The lowest BCUT2D eigenvalue weighted by atomic mass is 10.1. The van der Waals surface area contributed by atoms with E-state index >= 15 is 0 Å². The molecular weight excluding hydrogens is 160 g/mol. The van der Waals surface area contributed by atoms with Gasteiger partial charge < -0.3 is 16.2 Å². The normalized spacial score (nSPS) is 14.9. The number of ether oxygens (including phenoxy) is 1. The largest absolute Gasteiger partial charge is 0.460 e. The topological polar surface area (TPSA) is 95.4 Å². The quantitative estimate of drug-likeness (QED) is 0.542. The van der Waals surface area contributed by atoms with Gasteiger partial charge in [0.2, 0.25) is 5.91 Å². The van der Waals surface area contributed by atoms with E-state index < -0.39 is 18.0 Å². The van der Waals surface area contributed by atoms with E-state index in [4.69, 9.17) is 16.2 Å². The highest BCUT2D eigenvalue weighted by molar-refractivity contribution is 5.75. The minimum absolute atomic E-state index is 0.0305. The summed E-state index contributed by atoms with van der Waals surface area (Å²) < 4.78 is 4.76. The first-order valence-corrected chi connectivity index (χ1v) is 3.64. The van der Waals surface area contributed by atoms with E-state index in [1.54, 1.807) is 6.92 Å². The van der Waals surface area contributed by atoms with Crippen molar-refractivity contribution < 1.29 is 14.3 Å². The van der Waals surface area contributed by atoms with Crippen molar-refractivity contribution in [2.45, 2.75) is 32.4 Å². The molecule has 0 aliphatic rings. The number of nitrogens with two attached hydrogens (primary N) is 2. The van der Waals surface area contributed by atoms with Gasteiger partial charge in [0.1, 0.15) is 6.10 Å². The van der Waals surface area contributed by atoms with Crippen LogP contribution in [0.1, 0.15) is 20.3 Å². The second kappa shape index (κ2) is 4.71. The highest BCUT2D eigenvalue weighted by Crippen LogP contribution is 2.02. The van der Waals surface area contributed by atoms with Gasteiger partial charge in [-0.2, -0.15) is 0 Å². The summed E-state index contributed by atoms with van der Waals surface area (Å²) in [6.07, 6.45) is -0.642. The predicted octanol–water partition coefficient (Wildman–Crippen LogP) is -0.859. The monoisotopic (exact) mass is 174 g/mol.